The SMILES string of the molecule is COCC(C)NC(=O)c1ccc(CSC)cc1. The number of nitrogens with one attached hydrogen (secondary N) is 1. The Hall–Kier alpha value is -1.00. The van der Waals surface area contributed by atoms with E-state index in [2.05, 4.69) is 11.6 Å². The van der Waals surface area contributed by atoms with Gasteiger partial charge in [-0.25, -0.2) is 0 Å². The van der Waals surface area contributed by atoms with Crippen LogP contribution in [-0.4, -0.2) is 31.9 Å². The number of methoxy groups -OCH3 is 1. The number of thioether (sulfide) groups is 1. The maximum Gasteiger partial charge on any atom is 0.251 e. The Morgan fingerprint density at radius 2 is 2.06 bits per heavy atom. The molecule has 0 saturated carbocycles. The van der Waals surface area contributed by atoms with Crippen LogP contribution in [-0.2, 0) is 10.5 Å². The molecule has 4 heteroatoms. The molecule has 1 N–H and O–H groups in total. The summed E-state index contributed by atoms with van der Waals surface area (Å²) in [7, 11) is 1.62. The van der Waals surface area contributed by atoms with Gasteiger partial charge in [-0.3, -0.25) is 4.79 Å². The van der Waals surface area contributed by atoms with Crippen LogP contribution < -0.4 is 5.32 Å². The van der Waals surface area contributed by atoms with E-state index in [0.29, 0.717) is 12.2 Å². The van der Waals surface area contributed by atoms with Gasteiger partial charge < -0.3 is 10.1 Å². The Morgan fingerprint density at radius 3 is 2.59 bits per heavy atom. The van der Waals surface area contributed by atoms with Gasteiger partial charge in [-0.05, 0) is 30.9 Å². The van der Waals surface area contributed by atoms with E-state index in [1.165, 1.54) is 5.56 Å². The highest BCUT2D eigenvalue weighted by Gasteiger charge is 2.09. The molecule has 1 aromatic carbocycles. The minimum Gasteiger partial charge on any atom is -0.383 e. The molecule has 94 valence electrons. The number of hydrogen-bond donors (Lipinski definition) is 1. The summed E-state index contributed by atoms with van der Waals surface area (Å²) in [5.41, 5.74) is 1.93. The molecule has 1 unspecified atom stereocenters. The Balaban J connectivity index is 2.57. The Kier molecular flexibility index (Phi) is 6.08. The first-order valence-electron chi connectivity index (χ1n) is 5.55. The van der Waals surface area contributed by atoms with Gasteiger partial charge in [-0.1, -0.05) is 12.1 Å². The Labute approximate surface area is 107 Å². The Bertz CT molecular complexity index is 351. The predicted octanol–water partition coefficient (Wildman–Crippen LogP) is 2.31. The molecule has 1 amide bonds. The van der Waals surface area contributed by atoms with Gasteiger partial charge in [0, 0.05) is 24.5 Å². The highest BCUT2D eigenvalue weighted by Crippen LogP contribution is 2.10. The van der Waals surface area contributed by atoms with Crippen LogP contribution in [0.1, 0.15) is 22.8 Å². The maximum absolute atomic E-state index is 11.8. The summed E-state index contributed by atoms with van der Waals surface area (Å²) in [6.07, 6.45) is 2.06. The first kappa shape index (κ1) is 14.1. The molecule has 0 radical (unpaired) electrons. The van der Waals surface area contributed by atoms with Gasteiger partial charge in [0.05, 0.1) is 6.61 Å². The van der Waals surface area contributed by atoms with Crippen molar-refractivity contribution in [3.05, 3.63) is 35.4 Å². The predicted molar refractivity (Wildman–Crippen MR) is 72.5 cm³/mol. The summed E-state index contributed by atoms with van der Waals surface area (Å²) >= 11 is 1.77. The zero-order valence-electron chi connectivity index (χ0n) is 10.5. The van der Waals surface area contributed by atoms with Crippen molar-refractivity contribution in [1.29, 1.82) is 0 Å². The molecule has 0 saturated heterocycles. The second kappa shape index (κ2) is 7.35. The molecule has 0 aliphatic carbocycles. The molecule has 0 fully saturated rings. The third kappa shape index (κ3) is 4.79. The fraction of sp³-hybridized carbons (Fsp3) is 0.462. The van der Waals surface area contributed by atoms with Crippen molar-refractivity contribution in [1.82, 2.24) is 5.32 Å². The van der Waals surface area contributed by atoms with Gasteiger partial charge in [0.25, 0.3) is 5.91 Å². The van der Waals surface area contributed by atoms with Crippen molar-refractivity contribution >= 4 is 17.7 Å². The van der Waals surface area contributed by atoms with Crippen LogP contribution in [0.4, 0.5) is 0 Å². The van der Waals surface area contributed by atoms with E-state index < -0.39 is 0 Å². The summed E-state index contributed by atoms with van der Waals surface area (Å²) in [6.45, 7) is 2.44. The van der Waals surface area contributed by atoms with Gasteiger partial charge in [0.1, 0.15) is 0 Å². The molecule has 17 heavy (non-hydrogen) atoms. The number of amides is 1. The van der Waals surface area contributed by atoms with Crippen molar-refractivity contribution in [2.45, 2.75) is 18.7 Å². The number of hydrogen-bond acceptors (Lipinski definition) is 3. The minimum absolute atomic E-state index is 0.0263. The zero-order chi connectivity index (χ0) is 12.7. The van der Waals surface area contributed by atoms with Crippen molar-refractivity contribution in [2.75, 3.05) is 20.0 Å². The summed E-state index contributed by atoms with van der Waals surface area (Å²) in [5, 5.41) is 2.88. The van der Waals surface area contributed by atoms with Gasteiger partial charge in [-0.2, -0.15) is 11.8 Å². The van der Waals surface area contributed by atoms with Crippen molar-refractivity contribution < 1.29 is 9.53 Å². The van der Waals surface area contributed by atoms with Crippen LogP contribution in [0.5, 0.6) is 0 Å². The lowest BCUT2D eigenvalue weighted by Gasteiger charge is -2.12. The smallest absolute Gasteiger partial charge is 0.251 e. The van der Waals surface area contributed by atoms with E-state index in [9.17, 15) is 4.79 Å². The molecule has 0 bridgehead atoms. The van der Waals surface area contributed by atoms with Crippen molar-refractivity contribution in [3.8, 4) is 0 Å². The summed E-state index contributed by atoms with van der Waals surface area (Å²) < 4.78 is 4.97. The molecule has 1 aromatic rings. The minimum atomic E-state index is -0.0507. The van der Waals surface area contributed by atoms with Crippen molar-refractivity contribution in [2.24, 2.45) is 0 Å². The zero-order valence-corrected chi connectivity index (χ0v) is 11.3. The van der Waals surface area contributed by atoms with E-state index in [1.54, 1.807) is 18.9 Å². The van der Waals surface area contributed by atoms with Crippen molar-refractivity contribution in [3.63, 3.8) is 0 Å². The molecule has 0 spiro atoms. The number of carbonyl (C=O) groups excluding carboxylic acids is 1. The highest BCUT2D eigenvalue weighted by molar-refractivity contribution is 7.97. The first-order chi connectivity index (χ1) is 8.17. The summed E-state index contributed by atoms with van der Waals surface area (Å²) in [4.78, 5) is 11.8. The molecular weight excluding hydrogens is 234 g/mol. The van der Waals surface area contributed by atoms with Gasteiger partial charge in [0.2, 0.25) is 0 Å². The number of rotatable bonds is 6. The van der Waals surface area contributed by atoms with Crippen LogP contribution >= 0.6 is 11.8 Å². The molecule has 3 nitrogen and oxygen atoms in total. The fourth-order valence-electron chi connectivity index (χ4n) is 1.52. The molecule has 1 atom stereocenters. The van der Waals surface area contributed by atoms with Gasteiger partial charge >= 0.3 is 0 Å². The number of benzene rings is 1. The molecule has 0 aromatic heterocycles. The van der Waals surface area contributed by atoms with E-state index >= 15 is 0 Å². The summed E-state index contributed by atoms with van der Waals surface area (Å²) in [5.74, 6) is 0.923. The third-order valence-electron chi connectivity index (χ3n) is 2.32. The topological polar surface area (TPSA) is 38.3 Å². The fourth-order valence-corrected chi connectivity index (χ4v) is 2.04. The molecule has 0 aliphatic rings. The van der Waals surface area contributed by atoms with E-state index in [0.717, 1.165) is 5.75 Å². The van der Waals surface area contributed by atoms with Crippen LogP contribution in [0.3, 0.4) is 0 Å². The third-order valence-corrected chi connectivity index (χ3v) is 2.94. The lowest BCUT2D eigenvalue weighted by Crippen LogP contribution is -2.35. The lowest BCUT2D eigenvalue weighted by molar-refractivity contribution is 0.0905. The largest absolute Gasteiger partial charge is 0.383 e. The van der Waals surface area contributed by atoms with Gasteiger partial charge in [-0.15, -0.1) is 0 Å². The Morgan fingerprint density at radius 1 is 1.41 bits per heavy atom. The molecule has 0 aliphatic heterocycles. The van der Waals surface area contributed by atoms with Crippen LogP contribution in [0, 0.1) is 0 Å². The lowest BCUT2D eigenvalue weighted by atomic mass is 10.1. The van der Waals surface area contributed by atoms with Gasteiger partial charge in [0.15, 0.2) is 0 Å². The molecule has 1 rings (SSSR count). The first-order valence-corrected chi connectivity index (χ1v) is 6.94. The average molecular weight is 253 g/mol. The summed E-state index contributed by atoms with van der Waals surface area (Å²) in [6, 6.07) is 7.73. The average Bonchev–Trinajstić information content (AvgIpc) is 2.30. The highest BCUT2D eigenvalue weighted by atomic mass is 32.2. The maximum atomic E-state index is 11.8. The van der Waals surface area contributed by atoms with E-state index in [4.69, 9.17) is 4.74 Å². The quantitative estimate of drug-likeness (QED) is 0.845. The van der Waals surface area contributed by atoms with E-state index in [-0.39, 0.29) is 11.9 Å². The monoisotopic (exact) mass is 253 g/mol. The standard InChI is InChI=1S/C13H19NO2S/c1-10(8-16-2)14-13(15)12-6-4-11(5-7-12)9-17-3/h4-7,10H,8-9H2,1-3H3,(H,14,15). The van der Waals surface area contributed by atoms with E-state index in [1.807, 2.05) is 31.2 Å². The number of ether oxygens (including phenoxy) is 1. The van der Waals surface area contributed by atoms with Crippen LogP contribution in [0.15, 0.2) is 24.3 Å². The second-order valence-corrected chi connectivity index (χ2v) is 4.83. The van der Waals surface area contributed by atoms with Crippen LogP contribution in [0.25, 0.3) is 0 Å². The molecular formula is C13H19NO2S. The normalized spacial score (nSPS) is 12.2. The van der Waals surface area contributed by atoms with Crippen LogP contribution in [0.2, 0.25) is 0 Å². The number of carbonyl (C=O) groups is 1. The second-order valence-electron chi connectivity index (χ2n) is 3.96. The molecule has 0 heterocycles.